The van der Waals surface area contributed by atoms with Crippen LogP contribution in [0.15, 0.2) is 22.8 Å². The van der Waals surface area contributed by atoms with E-state index in [1.807, 2.05) is 13.8 Å². The molecule has 0 aromatic heterocycles. The molecule has 0 unspecified atom stereocenters. The first kappa shape index (κ1) is 27.4. The molecule has 0 bridgehead atoms. The van der Waals surface area contributed by atoms with Gasteiger partial charge in [0.2, 0.25) is 5.91 Å². The van der Waals surface area contributed by atoms with Crippen LogP contribution < -0.4 is 0 Å². The van der Waals surface area contributed by atoms with Crippen LogP contribution >= 0.6 is 11.8 Å². The normalized spacial score (nSPS) is 25.3. The predicted molar refractivity (Wildman–Crippen MR) is 136 cm³/mol. The molecule has 0 aliphatic carbocycles. The van der Waals surface area contributed by atoms with Crippen LogP contribution in [0.5, 0.6) is 0 Å². The summed E-state index contributed by atoms with van der Waals surface area (Å²) >= 11 is 1.48. The Labute approximate surface area is 199 Å². The number of allylic oxidation sites excluding steroid dienone is 1. The fourth-order valence-electron chi connectivity index (χ4n) is 3.47. The molecule has 6 nitrogen and oxygen atoms in total. The van der Waals surface area contributed by atoms with Crippen LogP contribution in [0.1, 0.15) is 34.6 Å². The number of fused-ring (bicyclic) bond motifs is 1. The van der Waals surface area contributed by atoms with Crippen molar-refractivity contribution < 1.29 is 23.9 Å². The summed E-state index contributed by atoms with van der Waals surface area (Å²) in [5.74, 6) is -0.574. The zero-order chi connectivity index (χ0) is 24.7. The van der Waals surface area contributed by atoms with Crippen molar-refractivity contribution >= 4 is 40.0 Å². The topological polar surface area (TPSA) is 76.1 Å². The van der Waals surface area contributed by atoms with E-state index in [1.165, 1.54) is 11.8 Å². The Morgan fingerprint density at radius 2 is 1.88 bits per heavy atom. The second-order valence-electron chi connectivity index (χ2n) is 11.7. The van der Waals surface area contributed by atoms with Gasteiger partial charge in [0.1, 0.15) is 16.5 Å². The second kappa shape index (κ2) is 9.40. The van der Waals surface area contributed by atoms with Gasteiger partial charge in [0.05, 0.1) is 19.3 Å². The third-order valence-corrected chi connectivity index (χ3v) is 14.7. The number of esters is 1. The Balaban J connectivity index is 2.26. The third kappa shape index (κ3) is 5.27. The molecule has 1 fully saturated rings. The van der Waals surface area contributed by atoms with Crippen LogP contribution in [-0.4, -0.2) is 63.0 Å². The molecule has 2 rings (SSSR count). The van der Waals surface area contributed by atoms with Gasteiger partial charge in [0, 0.05) is 13.0 Å². The minimum Gasteiger partial charge on any atom is -0.461 e. The highest BCUT2D eigenvalue weighted by Crippen LogP contribution is 2.58. The zero-order valence-electron chi connectivity index (χ0n) is 21.4. The number of nitrogens with zero attached hydrogens (tertiary/aromatic N) is 1. The van der Waals surface area contributed by atoms with E-state index in [1.54, 1.807) is 17.1 Å². The van der Waals surface area contributed by atoms with Crippen LogP contribution in [0.3, 0.4) is 0 Å². The summed E-state index contributed by atoms with van der Waals surface area (Å²) in [6, 6.07) is 0.869. The van der Waals surface area contributed by atoms with E-state index in [4.69, 9.17) is 9.16 Å². The number of aliphatic hydroxyl groups is 1. The Morgan fingerprint density at radius 1 is 1.28 bits per heavy atom. The molecule has 1 N–H and O–H groups in total. The van der Waals surface area contributed by atoms with Crippen molar-refractivity contribution in [3.8, 4) is 0 Å². The summed E-state index contributed by atoms with van der Waals surface area (Å²) in [5, 5.41) is 9.05. The van der Waals surface area contributed by atoms with Gasteiger partial charge in [0.25, 0.3) is 0 Å². The summed E-state index contributed by atoms with van der Waals surface area (Å²) in [7, 11) is -3.42. The molecule has 2 heterocycles. The smallest absolute Gasteiger partial charge is 0.356 e. The van der Waals surface area contributed by atoms with E-state index in [2.05, 4.69) is 53.5 Å². The number of hydrogen-bond acceptors (Lipinski definition) is 6. The van der Waals surface area contributed by atoms with Crippen molar-refractivity contribution in [1.82, 2.24) is 4.90 Å². The molecule has 2 aliphatic rings. The first-order valence-corrected chi connectivity index (χ1v) is 18.8. The molecule has 1 amide bonds. The van der Waals surface area contributed by atoms with Crippen molar-refractivity contribution in [2.45, 2.75) is 89.9 Å². The average Bonchev–Trinajstić information content (AvgIpc) is 2.99. The number of amides is 1. The lowest BCUT2D eigenvalue weighted by Gasteiger charge is -2.55. The van der Waals surface area contributed by atoms with Crippen molar-refractivity contribution in [2.24, 2.45) is 5.41 Å². The van der Waals surface area contributed by atoms with Crippen molar-refractivity contribution in [3.63, 3.8) is 0 Å². The molecule has 1 saturated heterocycles. The first-order valence-electron chi connectivity index (χ1n) is 11.3. The molecule has 2 aliphatic heterocycles. The van der Waals surface area contributed by atoms with Gasteiger partial charge in [-0.1, -0.05) is 58.3 Å². The summed E-state index contributed by atoms with van der Waals surface area (Å²) in [6.45, 7) is 21.7. The maximum absolute atomic E-state index is 13.4. The number of carbonyl (C=O) groups is 2. The monoisotopic (exact) mass is 499 g/mol. The number of β-lactam (4-membered cyclic amide) rings is 1. The maximum atomic E-state index is 13.4. The van der Waals surface area contributed by atoms with E-state index in [0.717, 1.165) is 6.04 Å². The number of carbonyl (C=O) groups excluding carboxylic acids is 2. The molecule has 3 atom stereocenters. The van der Waals surface area contributed by atoms with Gasteiger partial charge in [-0.05, 0) is 44.1 Å². The maximum Gasteiger partial charge on any atom is 0.356 e. The summed E-state index contributed by atoms with van der Waals surface area (Å²) in [6.07, 6.45) is 3.02. The van der Waals surface area contributed by atoms with Gasteiger partial charge in [-0.3, -0.25) is 9.69 Å². The van der Waals surface area contributed by atoms with Crippen molar-refractivity contribution in [1.29, 1.82) is 0 Å². The highest BCUT2D eigenvalue weighted by molar-refractivity contribution is 8.04. The minimum atomic E-state index is -2.07. The van der Waals surface area contributed by atoms with Crippen LogP contribution in [0.4, 0.5) is 0 Å². The Hall–Kier alpha value is -0.876. The van der Waals surface area contributed by atoms with Crippen molar-refractivity contribution in [2.75, 3.05) is 13.2 Å². The van der Waals surface area contributed by atoms with Crippen LogP contribution in [0.25, 0.3) is 0 Å². The predicted octanol–water partition coefficient (Wildman–Crippen LogP) is 4.96. The molecule has 0 aromatic carbocycles. The molecule has 0 spiro atoms. The highest BCUT2D eigenvalue weighted by atomic mass is 32.2. The quantitative estimate of drug-likeness (QED) is 0.274. The van der Waals surface area contributed by atoms with Gasteiger partial charge in [-0.25, -0.2) is 4.79 Å². The fraction of sp³-hybridized carbons (Fsp3) is 0.739. The molecular formula is C23H41NO5SSi2. The number of ether oxygens (including phenoxy) is 1. The lowest BCUT2D eigenvalue weighted by atomic mass is 9.75. The first-order chi connectivity index (χ1) is 14.5. The highest BCUT2D eigenvalue weighted by Gasteiger charge is 2.66. The Morgan fingerprint density at radius 3 is 2.38 bits per heavy atom. The van der Waals surface area contributed by atoms with Crippen LogP contribution in [0, 0.1) is 5.41 Å². The zero-order valence-corrected chi connectivity index (χ0v) is 24.2. The van der Waals surface area contributed by atoms with Gasteiger partial charge >= 0.3 is 5.97 Å². The van der Waals surface area contributed by atoms with Crippen molar-refractivity contribution in [3.05, 3.63) is 22.8 Å². The van der Waals surface area contributed by atoms with Gasteiger partial charge in [-0.15, -0.1) is 0 Å². The summed E-state index contributed by atoms with van der Waals surface area (Å²) < 4.78 is 12.2. The van der Waals surface area contributed by atoms with E-state index in [-0.39, 0.29) is 29.0 Å². The third-order valence-electron chi connectivity index (χ3n) is 6.92. The summed E-state index contributed by atoms with van der Waals surface area (Å²) in [4.78, 5) is 28.7. The largest absolute Gasteiger partial charge is 0.461 e. The van der Waals surface area contributed by atoms with Crippen LogP contribution in [-0.2, 0) is 18.8 Å². The standard InChI is InChI=1S/C23H41NO5SSi2/c1-16(29-32(9,10)22(2,3)4)23(5)20(27)24-18(17(12-11-13-25)30-21(23)24)19(26)28-14-15-31(6,7)8/h11-12,16,21,25H,13-15H2,1-10H3/b12-11+/t16-,21-,23+/m1/s1. The Bertz CT molecular complexity index is 812. The molecular weight excluding hydrogens is 458 g/mol. The number of hydrogen-bond donors (Lipinski definition) is 1. The number of thioether (sulfide) groups is 1. The summed E-state index contributed by atoms with van der Waals surface area (Å²) in [5.41, 5.74) is -0.443. The van der Waals surface area contributed by atoms with E-state index < -0.39 is 27.8 Å². The lowest BCUT2D eigenvalue weighted by Crippen LogP contribution is -2.69. The number of aliphatic hydroxyl groups excluding tert-OH is 1. The van der Waals surface area contributed by atoms with Gasteiger partial charge < -0.3 is 14.3 Å². The number of rotatable bonds is 9. The Kier molecular flexibility index (Phi) is 8.04. The van der Waals surface area contributed by atoms with Gasteiger partial charge in [-0.2, -0.15) is 0 Å². The van der Waals surface area contributed by atoms with E-state index in [0.29, 0.717) is 17.2 Å². The average molecular weight is 500 g/mol. The molecule has 0 aromatic rings. The molecule has 32 heavy (non-hydrogen) atoms. The molecule has 9 heteroatoms. The van der Waals surface area contributed by atoms with E-state index in [9.17, 15) is 14.7 Å². The lowest BCUT2D eigenvalue weighted by molar-refractivity contribution is -0.170. The fourth-order valence-corrected chi connectivity index (χ4v) is 7.22. The second-order valence-corrected chi connectivity index (χ2v) is 23.2. The van der Waals surface area contributed by atoms with E-state index >= 15 is 0 Å². The van der Waals surface area contributed by atoms with Crippen LogP contribution in [0.2, 0.25) is 43.8 Å². The van der Waals surface area contributed by atoms with Gasteiger partial charge in [0.15, 0.2) is 8.32 Å². The molecule has 0 radical (unpaired) electrons. The minimum absolute atomic E-state index is 0.0333. The molecule has 182 valence electrons. The SMILES string of the molecule is C[C@@H](O[Si](C)(C)C(C)(C)C)[C@@]1(C)C(=O)N2C(C(=O)OCC[Si](C)(C)C)=C(/C=C/CO)S[C@@H]21. The molecule has 0 saturated carbocycles.